The number of hydrogen-bond donors (Lipinski definition) is 1. The van der Waals surface area contributed by atoms with Crippen molar-refractivity contribution in [1.82, 2.24) is 0 Å². The van der Waals surface area contributed by atoms with Gasteiger partial charge in [-0.25, -0.2) is 4.39 Å². The topological polar surface area (TPSA) is 26.0 Å². The van der Waals surface area contributed by atoms with Crippen LogP contribution in [0.25, 0.3) is 6.08 Å². The molecule has 0 unspecified atom stereocenters. The third-order valence-electron chi connectivity index (χ3n) is 3.56. The second kappa shape index (κ2) is 9.70. The van der Waals surface area contributed by atoms with E-state index in [4.69, 9.17) is 5.73 Å². The van der Waals surface area contributed by atoms with E-state index in [0.29, 0.717) is 0 Å². The first-order valence-electron chi connectivity index (χ1n) is 7.99. The molecule has 0 bridgehead atoms. The first-order valence-corrected chi connectivity index (χ1v) is 8.98. The van der Waals surface area contributed by atoms with Crippen LogP contribution in [0.5, 0.6) is 0 Å². The van der Waals surface area contributed by atoms with Crippen molar-refractivity contribution in [3.8, 4) is 0 Å². The maximum absolute atomic E-state index is 12.7. The summed E-state index contributed by atoms with van der Waals surface area (Å²) in [5.41, 5.74) is 9.76. The van der Waals surface area contributed by atoms with E-state index in [9.17, 15) is 4.39 Å². The van der Waals surface area contributed by atoms with Crippen molar-refractivity contribution in [3.63, 3.8) is 0 Å². The molecule has 0 aliphatic rings. The van der Waals surface area contributed by atoms with Crippen LogP contribution in [-0.2, 0) is 5.75 Å². The van der Waals surface area contributed by atoms with E-state index >= 15 is 0 Å². The second-order valence-electron chi connectivity index (χ2n) is 5.56. The molecule has 0 fully saturated rings. The maximum atomic E-state index is 12.7. The zero-order chi connectivity index (χ0) is 18.1. The molecular weight excluding hydrogens is 329 g/mol. The van der Waals surface area contributed by atoms with Gasteiger partial charge in [0.25, 0.3) is 0 Å². The molecule has 2 N–H and O–H groups in total. The standard InChI is InChI=1S/C14H13FS.C8H9N/c1-11-2-8-14(9-3-11)16-10-12-4-6-13(15)7-5-12;1-2-7-5-3-4-6-8(7)9/h2-9H,10H2,1H3;2-6H,1,9H2. The minimum atomic E-state index is -0.177. The van der Waals surface area contributed by atoms with Gasteiger partial charge in [0.1, 0.15) is 5.82 Å². The predicted octanol–water partition coefficient (Wildman–Crippen LogP) is 6.34. The Balaban J connectivity index is 0.000000212. The van der Waals surface area contributed by atoms with Crippen LogP contribution < -0.4 is 5.73 Å². The van der Waals surface area contributed by atoms with Gasteiger partial charge in [0.05, 0.1) is 0 Å². The van der Waals surface area contributed by atoms with E-state index < -0.39 is 0 Å². The van der Waals surface area contributed by atoms with Crippen LogP contribution in [-0.4, -0.2) is 0 Å². The fraction of sp³-hybridized carbons (Fsp3) is 0.0909. The molecule has 3 rings (SSSR count). The molecule has 1 nitrogen and oxygen atoms in total. The van der Waals surface area contributed by atoms with Gasteiger partial charge in [0.2, 0.25) is 0 Å². The van der Waals surface area contributed by atoms with Gasteiger partial charge in [0.15, 0.2) is 0 Å². The molecule has 3 heteroatoms. The van der Waals surface area contributed by atoms with Crippen molar-refractivity contribution >= 4 is 23.5 Å². The highest BCUT2D eigenvalue weighted by Crippen LogP contribution is 2.22. The van der Waals surface area contributed by atoms with Crippen molar-refractivity contribution in [2.24, 2.45) is 0 Å². The highest BCUT2D eigenvalue weighted by molar-refractivity contribution is 7.98. The van der Waals surface area contributed by atoms with Gasteiger partial charge in [-0.2, -0.15) is 0 Å². The summed E-state index contributed by atoms with van der Waals surface area (Å²) in [5.74, 6) is 0.702. The van der Waals surface area contributed by atoms with Crippen molar-refractivity contribution in [1.29, 1.82) is 0 Å². The predicted molar refractivity (Wildman–Crippen MR) is 108 cm³/mol. The molecule has 0 spiro atoms. The minimum absolute atomic E-state index is 0.177. The molecule has 0 amide bonds. The molecule has 3 aromatic rings. The number of anilines is 1. The Morgan fingerprint density at radius 1 is 0.960 bits per heavy atom. The summed E-state index contributed by atoms with van der Waals surface area (Å²) >= 11 is 1.77. The van der Waals surface area contributed by atoms with Gasteiger partial charge in [-0.3, -0.25) is 0 Å². The fourth-order valence-corrected chi connectivity index (χ4v) is 2.93. The lowest BCUT2D eigenvalue weighted by molar-refractivity contribution is 0.627. The number of aryl methyl sites for hydroxylation is 1. The minimum Gasteiger partial charge on any atom is -0.398 e. The monoisotopic (exact) mass is 351 g/mol. The number of para-hydroxylation sites is 1. The van der Waals surface area contributed by atoms with Crippen LogP contribution in [0, 0.1) is 12.7 Å². The van der Waals surface area contributed by atoms with E-state index in [1.807, 2.05) is 36.4 Å². The molecule has 0 radical (unpaired) electrons. The summed E-state index contributed by atoms with van der Waals surface area (Å²) in [5, 5.41) is 0. The van der Waals surface area contributed by atoms with E-state index in [1.165, 1.54) is 22.6 Å². The van der Waals surface area contributed by atoms with Gasteiger partial charge < -0.3 is 5.73 Å². The lowest BCUT2D eigenvalue weighted by Crippen LogP contribution is -1.86. The van der Waals surface area contributed by atoms with Crippen molar-refractivity contribution in [3.05, 3.63) is 102 Å². The largest absolute Gasteiger partial charge is 0.398 e. The van der Waals surface area contributed by atoms with Crippen molar-refractivity contribution < 1.29 is 4.39 Å². The summed E-state index contributed by atoms with van der Waals surface area (Å²) in [6.07, 6.45) is 1.75. The molecule has 0 heterocycles. The van der Waals surface area contributed by atoms with E-state index in [0.717, 1.165) is 22.6 Å². The molecule has 0 atom stereocenters. The number of nitrogens with two attached hydrogens (primary N) is 1. The fourth-order valence-electron chi connectivity index (χ4n) is 2.08. The zero-order valence-electron chi connectivity index (χ0n) is 14.3. The first-order chi connectivity index (χ1) is 12.1. The quantitative estimate of drug-likeness (QED) is 0.438. The Bertz CT molecular complexity index is 750. The summed E-state index contributed by atoms with van der Waals surface area (Å²) < 4.78 is 12.7. The Hall–Kier alpha value is -2.52. The average Bonchev–Trinajstić information content (AvgIpc) is 2.64. The molecule has 128 valence electrons. The highest BCUT2D eigenvalue weighted by Gasteiger charge is 1.97. The van der Waals surface area contributed by atoms with Gasteiger partial charge in [-0.05, 0) is 48.4 Å². The van der Waals surface area contributed by atoms with Crippen molar-refractivity contribution in [2.45, 2.75) is 17.6 Å². The normalized spacial score (nSPS) is 9.84. The summed E-state index contributed by atoms with van der Waals surface area (Å²) in [6, 6.07) is 22.7. The average molecular weight is 351 g/mol. The SMILES string of the molecule is C=Cc1ccccc1N.Cc1ccc(SCc2ccc(F)cc2)cc1. The Morgan fingerprint density at radius 2 is 1.60 bits per heavy atom. The van der Waals surface area contributed by atoms with Gasteiger partial charge in [-0.1, -0.05) is 60.7 Å². The van der Waals surface area contributed by atoms with Crippen LogP contribution in [0.3, 0.4) is 0 Å². The number of thioether (sulfide) groups is 1. The second-order valence-corrected chi connectivity index (χ2v) is 6.61. The molecule has 0 aromatic heterocycles. The lowest BCUT2D eigenvalue weighted by Gasteiger charge is -2.02. The molecule has 3 aromatic carbocycles. The maximum Gasteiger partial charge on any atom is 0.123 e. The number of hydrogen-bond acceptors (Lipinski definition) is 2. The Labute approximate surface area is 153 Å². The van der Waals surface area contributed by atoms with Gasteiger partial charge in [-0.15, -0.1) is 11.8 Å². The third-order valence-corrected chi connectivity index (χ3v) is 4.64. The molecule has 0 aliphatic carbocycles. The van der Waals surface area contributed by atoms with E-state index in [1.54, 1.807) is 17.8 Å². The van der Waals surface area contributed by atoms with Crippen LogP contribution in [0.2, 0.25) is 0 Å². The number of halogens is 1. The van der Waals surface area contributed by atoms with Crippen molar-refractivity contribution in [2.75, 3.05) is 5.73 Å². The highest BCUT2D eigenvalue weighted by atomic mass is 32.2. The Kier molecular flexibility index (Phi) is 7.30. The first kappa shape index (κ1) is 18.8. The summed E-state index contributed by atoms with van der Waals surface area (Å²) in [7, 11) is 0. The number of rotatable bonds is 4. The van der Waals surface area contributed by atoms with Crippen LogP contribution >= 0.6 is 11.8 Å². The molecule has 25 heavy (non-hydrogen) atoms. The zero-order valence-corrected chi connectivity index (χ0v) is 15.1. The lowest BCUT2D eigenvalue weighted by atomic mass is 10.2. The number of benzene rings is 3. The van der Waals surface area contributed by atoms with E-state index in [2.05, 4.69) is 37.8 Å². The molecular formula is C22H22FNS. The van der Waals surface area contributed by atoms with Gasteiger partial charge in [0, 0.05) is 16.3 Å². The van der Waals surface area contributed by atoms with Crippen LogP contribution in [0.15, 0.2) is 84.3 Å². The molecule has 0 saturated heterocycles. The van der Waals surface area contributed by atoms with Gasteiger partial charge >= 0.3 is 0 Å². The summed E-state index contributed by atoms with van der Waals surface area (Å²) in [6.45, 7) is 5.69. The molecule has 0 aliphatic heterocycles. The molecule has 0 saturated carbocycles. The summed E-state index contributed by atoms with van der Waals surface area (Å²) in [4.78, 5) is 1.25. The third kappa shape index (κ3) is 6.48. The van der Waals surface area contributed by atoms with Crippen LogP contribution in [0.1, 0.15) is 16.7 Å². The van der Waals surface area contributed by atoms with E-state index in [-0.39, 0.29) is 5.82 Å². The number of nitrogen functional groups attached to an aromatic ring is 1. The Morgan fingerprint density at radius 3 is 2.16 bits per heavy atom. The smallest absolute Gasteiger partial charge is 0.123 e. The van der Waals surface area contributed by atoms with Crippen LogP contribution in [0.4, 0.5) is 10.1 Å².